The number of piperazine rings is 1. The van der Waals surface area contributed by atoms with Gasteiger partial charge >= 0.3 is 0 Å². The van der Waals surface area contributed by atoms with Crippen molar-refractivity contribution in [3.05, 3.63) is 17.1 Å². The van der Waals surface area contributed by atoms with Crippen LogP contribution in [0, 0.1) is 13.8 Å². The third-order valence-corrected chi connectivity index (χ3v) is 4.86. The van der Waals surface area contributed by atoms with Gasteiger partial charge in [-0.1, -0.05) is 0 Å². The molecule has 2 N–H and O–H groups in total. The van der Waals surface area contributed by atoms with Gasteiger partial charge in [0.15, 0.2) is 0 Å². The second kappa shape index (κ2) is 5.43. The maximum atomic E-state index is 12.7. The van der Waals surface area contributed by atoms with Gasteiger partial charge in [0, 0.05) is 25.7 Å². The Kier molecular flexibility index (Phi) is 4.14. The molecule has 2 heterocycles. The van der Waals surface area contributed by atoms with Gasteiger partial charge in [0.05, 0.1) is 0 Å². The van der Waals surface area contributed by atoms with Crippen molar-refractivity contribution in [3.8, 4) is 0 Å². The highest BCUT2D eigenvalue weighted by molar-refractivity contribution is 7.89. The molecular formula is C13H21N3O4S. The molecule has 1 aromatic rings. The van der Waals surface area contributed by atoms with E-state index in [4.69, 9.17) is 9.56 Å². The lowest BCUT2D eigenvalue weighted by Gasteiger charge is -2.38. The lowest BCUT2D eigenvalue weighted by Crippen LogP contribution is -2.53. The van der Waals surface area contributed by atoms with Crippen LogP contribution in [-0.2, 0) is 10.0 Å². The number of carbonyl (C=O) groups excluding carboxylic acids is 1. The van der Waals surface area contributed by atoms with Crippen LogP contribution in [0.1, 0.15) is 28.8 Å². The van der Waals surface area contributed by atoms with Gasteiger partial charge in [-0.2, -0.15) is 0 Å². The third-order valence-electron chi connectivity index (χ3n) is 3.79. The normalized spacial score (nSPS) is 20.8. The van der Waals surface area contributed by atoms with E-state index in [0.29, 0.717) is 6.54 Å². The highest BCUT2D eigenvalue weighted by atomic mass is 32.2. The summed E-state index contributed by atoms with van der Waals surface area (Å²) in [7, 11) is -2.02. The molecule has 1 aromatic heterocycles. The predicted octanol–water partition coefficient (Wildman–Crippen LogP) is 0.320. The molecular weight excluding hydrogens is 294 g/mol. The first-order valence-electron chi connectivity index (χ1n) is 6.75. The lowest BCUT2D eigenvalue weighted by molar-refractivity contribution is 0.0528. The van der Waals surface area contributed by atoms with E-state index in [9.17, 15) is 13.2 Å². The van der Waals surface area contributed by atoms with Crippen LogP contribution in [-0.4, -0.2) is 56.8 Å². The number of sulfonamides is 1. The summed E-state index contributed by atoms with van der Waals surface area (Å²) >= 11 is 0. The number of carbonyl (C=O) groups is 1. The van der Waals surface area contributed by atoms with Crippen molar-refractivity contribution in [1.29, 1.82) is 0 Å². The lowest BCUT2D eigenvalue weighted by atomic mass is 10.1. The number of rotatable bonds is 2. The Bertz CT molecular complexity index is 665. The average Bonchev–Trinajstić information content (AvgIpc) is 2.63. The fraction of sp³-hybridized carbons (Fsp3) is 0.615. The quantitative estimate of drug-likeness (QED) is 0.848. The van der Waals surface area contributed by atoms with Gasteiger partial charge in [0.2, 0.25) is 10.0 Å². The Morgan fingerprint density at radius 2 is 1.90 bits per heavy atom. The first-order valence-corrected chi connectivity index (χ1v) is 8.30. The molecule has 0 saturated carbocycles. The fourth-order valence-electron chi connectivity index (χ4n) is 2.84. The van der Waals surface area contributed by atoms with Crippen molar-refractivity contribution in [1.82, 2.24) is 9.80 Å². The summed E-state index contributed by atoms with van der Waals surface area (Å²) in [5.74, 6) is 0.0989. The van der Waals surface area contributed by atoms with E-state index < -0.39 is 10.0 Å². The molecule has 0 aromatic carbocycles. The molecule has 2 rings (SSSR count). The number of nitrogens with zero attached hydrogens (tertiary/aromatic N) is 2. The molecule has 0 bridgehead atoms. The minimum absolute atomic E-state index is 0.000755. The standard InChI is InChI=1S/C13H21N3O4S/c1-8-7-15(4)5-6-16(8)13(17)11-9(2)20-10(3)12(11)21(14,18)19/h8H,5-7H2,1-4H3,(H2,14,18,19)/t8-/m1/s1. The second-order valence-electron chi connectivity index (χ2n) is 5.57. The van der Waals surface area contributed by atoms with E-state index >= 15 is 0 Å². The number of hydrogen-bond donors (Lipinski definition) is 1. The molecule has 118 valence electrons. The minimum atomic E-state index is -4.01. The molecule has 1 amide bonds. The van der Waals surface area contributed by atoms with Crippen molar-refractivity contribution in [2.24, 2.45) is 5.14 Å². The van der Waals surface area contributed by atoms with Crippen molar-refractivity contribution >= 4 is 15.9 Å². The maximum absolute atomic E-state index is 12.7. The molecule has 1 fully saturated rings. The fourth-order valence-corrected chi connectivity index (χ4v) is 3.80. The van der Waals surface area contributed by atoms with Crippen LogP contribution >= 0.6 is 0 Å². The molecule has 1 aliphatic rings. The molecule has 21 heavy (non-hydrogen) atoms. The van der Waals surface area contributed by atoms with Crippen molar-refractivity contribution < 1.29 is 17.6 Å². The highest BCUT2D eigenvalue weighted by Gasteiger charge is 2.34. The zero-order valence-corrected chi connectivity index (χ0v) is 13.5. The molecule has 8 heteroatoms. The largest absolute Gasteiger partial charge is 0.464 e. The van der Waals surface area contributed by atoms with Crippen LogP contribution in [0.15, 0.2) is 9.31 Å². The van der Waals surface area contributed by atoms with Gasteiger partial charge in [-0.15, -0.1) is 0 Å². The van der Waals surface area contributed by atoms with E-state index in [0.717, 1.165) is 13.1 Å². The van der Waals surface area contributed by atoms with Crippen molar-refractivity contribution in [2.45, 2.75) is 31.7 Å². The number of aryl methyl sites for hydroxylation is 2. The van der Waals surface area contributed by atoms with Crippen LogP contribution in [0.3, 0.4) is 0 Å². The summed E-state index contributed by atoms with van der Waals surface area (Å²) in [4.78, 5) is 16.3. The molecule has 1 saturated heterocycles. The zero-order chi connectivity index (χ0) is 15.9. The number of furan rings is 1. The first kappa shape index (κ1) is 16.0. The minimum Gasteiger partial charge on any atom is -0.464 e. The Labute approximate surface area is 124 Å². The molecule has 0 unspecified atom stereocenters. The monoisotopic (exact) mass is 315 g/mol. The van der Waals surface area contributed by atoms with E-state index in [1.54, 1.807) is 11.8 Å². The van der Waals surface area contributed by atoms with E-state index in [2.05, 4.69) is 4.90 Å². The van der Waals surface area contributed by atoms with Gasteiger partial charge in [0.25, 0.3) is 5.91 Å². The molecule has 1 atom stereocenters. The Hall–Kier alpha value is -1.38. The molecule has 1 aliphatic heterocycles. The summed E-state index contributed by atoms with van der Waals surface area (Å²) in [6, 6.07) is -0.000755. The molecule has 7 nitrogen and oxygen atoms in total. The number of hydrogen-bond acceptors (Lipinski definition) is 5. The number of nitrogens with two attached hydrogens (primary N) is 1. The Morgan fingerprint density at radius 1 is 1.29 bits per heavy atom. The third kappa shape index (κ3) is 2.97. The van der Waals surface area contributed by atoms with E-state index in [-0.39, 0.29) is 33.9 Å². The van der Waals surface area contributed by atoms with Crippen LogP contribution in [0.5, 0.6) is 0 Å². The van der Waals surface area contributed by atoms with Gasteiger partial charge in [-0.05, 0) is 27.8 Å². The maximum Gasteiger partial charge on any atom is 0.259 e. The molecule has 0 spiro atoms. The highest BCUT2D eigenvalue weighted by Crippen LogP contribution is 2.28. The summed E-state index contributed by atoms with van der Waals surface area (Å²) in [6.07, 6.45) is 0. The zero-order valence-electron chi connectivity index (χ0n) is 12.7. The van der Waals surface area contributed by atoms with E-state index in [1.807, 2.05) is 14.0 Å². The van der Waals surface area contributed by atoms with Gasteiger partial charge in [-0.3, -0.25) is 4.79 Å². The number of primary sulfonamides is 1. The topological polar surface area (TPSA) is 96.8 Å². The van der Waals surface area contributed by atoms with Crippen molar-refractivity contribution in [2.75, 3.05) is 26.7 Å². The average molecular weight is 315 g/mol. The van der Waals surface area contributed by atoms with Gasteiger partial charge in [-0.25, -0.2) is 13.6 Å². The van der Waals surface area contributed by atoms with Crippen LogP contribution in [0.2, 0.25) is 0 Å². The SMILES string of the molecule is Cc1oc(C)c(S(N)(=O)=O)c1C(=O)N1CCN(C)C[C@H]1C. The summed E-state index contributed by atoms with van der Waals surface area (Å²) < 4.78 is 28.8. The van der Waals surface area contributed by atoms with Gasteiger partial charge < -0.3 is 14.2 Å². The molecule has 0 aliphatic carbocycles. The number of likely N-dealkylation sites (N-methyl/N-ethyl adjacent to an activating group) is 1. The number of amides is 1. The van der Waals surface area contributed by atoms with Crippen LogP contribution in [0.25, 0.3) is 0 Å². The van der Waals surface area contributed by atoms with Crippen LogP contribution in [0.4, 0.5) is 0 Å². The van der Waals surface area contributed by atoms with E-state index in [1.165, 1.54) is 6.92 Å². The summed E-state index contributed by atoms with van der Waals surface area (Å²) in [5, 5.41) is 5.23. The smallest absolute Gasteiger partial charge is 0.259 e. The van der Waals surface area contributed by atoms with Crippen molar-refractivity contribution in [3.63, 3.8) is 0 Å². The predicted molar refractivity (Wildman–Crippen MR) is 77.6 cm³/mol. The summed E-state index contributed by atoms with van der Waals surface area (Å²) in [6.45, 7) is 7.05. The molecule has 0 radical (unpaired) electrons. The van der Waals surface area contributed by atoms with Crippen LogP contribution < -0.4 is 5.14 Å². The Morgan fingerprint density at radius 3 is 2.43 bits per heavy atom. The summed E-state index contributed by atoms with van der Waals surface area (Å²) in [5.41, 5.74) is 0.0615. The first-order chi connectivity index (χ1) is 9.62. The Balaban J connectivity index is 2.45. The van der Waals surface area contributed by atoms with Gasteiger partial charge in [0.1, 0.15) is 22.0 Å². The second-order valence-corrected chi connectivity index (χ2v) is 7.07.